The minimum absolute atomic E-state index is 0.0547. The summed E-state index contributed by atoms with van der Waals surface area (Å²) in [7, 11) is -3.44. The molecule has 2 fully saturated rings. The van der Waals surface area contributed by atoms with Crippen molar-refractivity contribution in [2.24, 2.45) is 5.92 Å². The van der Waals surface area contributed by atoms with E-state index in [4.69, 9.17) is 0 Å². The minimum atomic E-state index is -3.44. The molecule has 1 aliphatic heterocycles. The average Bonchev–Trinajstić information content (AvgIpc) is 2.69. The zero-order valence-electron chi connectivity index (χ0n) is 16.6. The Morgan fingerprint density at radius 3 is 2.46 bits per heavy atom. The number of nitrogens with one attached hydrogen (secondary N) is 1. The monoisotopic (exact) mass is 405 g/mol. The molecule has 0 radical (unpaired) electrons. The third-order valence-electron chi connectivity index (χ3n) is 5.75. The molecule has 0 bridgehead atoms. The Morgan fingerprint density at radius 1 is 1.11 bits per heavy atom. The van der Waals surface area contributed by atoms with Crippen LogP contribution >= 0.6 is 0 Å². The Balaban J connectivity index is 1.46. The van der Waals surface area contributed by atoms with Crippen molar-refractivity contribution in [2.75, 3.05) is 32.7 Å². The smallest absolute Gasteiger partial charge is 0.236 e. The van der Waals surface area contributed by atoms with Crippen LogP contribution in [0.5, 0.6) is 0 Å². The van der Waals surface area contributed by atoms with Gasteiger partial charge in [-0.05, 0) is 30.4 Å². The van der Waals surface area contributed by atoms with E-state index in [0.717, 1.165) is 12.0 Å². The van der Waals surface area contributed by atoms with Crippen molar-refractivity contribution < 1.29 is 13.2 Å². The molecule has 154 valence electrons. The summed E-state index contributed by atoms with van der Waals surface area (Å²) in [6.07, 6.45) is 6.30. The number of piperazine rings is 1. The number of sulfonamides is 1. The molecule has 2 aliphatic rings. The Hall–Kier alpha value is -1.70. The highest BCUT2D eigenvalue weighted by atomic mass is 32.2. The van der Waals surface area contributed by atoms with Crippen molar-refractivity contribution in [2.45, 2.75) is 38.6 Å². The summed E-state index contributed by atoms with van der Waals surface area (Å²) >= 11 is 0. The molecule has 1 aromatic rings. The molecule has 1 aliphatic carbocycles. The molecule has 28 heavy (non-hydrogen) atoms. The minimum Gasteiger partial charge on any atom is -0.352 e. The van der Waals surface area contributed by atoms with Crippen molar-refractivity contribution in [3.63, 3.8) is 0 Å². The van der Waals surface area contributed by atoms with Gasteiger partial charge < -0.3 is 5.32 Å². The summed E-state index contributed by atoms with van der Waals surface area (Å²) in [6, 6.07) is 9.68. The first-order valence-corrected chi connectivity index (χ1v) is 11.7. The zero-order valence-corrected chi connectivity index (χ0v) is 17.4. The van der Waals surface area contributed by atoms with Crippen LogP contribution in [0.4, 0.5) is 0 Å². The third-order valence-corrected chi connectivity index (χ3v) is 7.31. The Kier molecular flexibility index (Phi) is 7.26. The second kappa shape index (κ2) is 9.67. The largest absolute Gasteiger partial charge is 0.352 e. The first-order valence-electron chi connectivity index (χ1n) is 10.2. The number of hydrogen-bond donors (Lipinski definition) is 1. The topological polar surface area (TPSA) is 69.7 Å². The van der Waals surface area contributed by atoms with E-state index >= 15 is 0 Å². The molecule has 1 aromatic carbocycles. The normalized spacial score (nSPS) is 25.0. The number of nitrogens with zero attached hydrogens (tertiary/aromatic N) is 2. The van der Waals surface area contributed by atoms with E-state index in [0.29, 0.717) is 38.6 Å². The Morgan fingerprint density at radius 2 is 1.79 bits per heavy atom. The lowest BCUT2D eigenvalue weighted by molar-refractivity contribution is -0.123. The Bertz CT molecular complexity index is 771. The van der Waals surface area contributed by atoms with Crippen LogP contribution in [0.25, 0.3) is 6.08 Å². The molecular formula is C21H31N3O3S. The number of carbonyl (C=O) groups is 1. The van der Waals surface area contributed by atoms with E-state index in [1.54, 1.807) is 6.08 Å². The van der Waals surface area contributed by atoms with E-state index in [-0.39, 0.29) is 11.9 Å². The van der Waals surface area contributed by atoms with Gasteiger partial charge in [-0.2, -0.15) is 4.31 Å². The quantitative estimate of drug-likeness (QED) is 0.788. The maximum absolute atomic E-state index is 12.5. The number of benzene rings is 1. The number of hydrogen-bond acceptors (Lipinski definition) is 4. The van der Waals surface area contributed by atoms with E-state index in [1.807, 2.05) is 35.2 Å². The number of carbonyl (C=O) groups excluding carboxylic acids is 1. The second-order valence-electron chi connectivity index (χ2n) is 7.87. The Labute approximate surface area is 168 Å². The fraction of sp³-hybridized carbons (Fsp3) is 0.571. The van der Waals surface area contributed by atoms with E-state index < -0.39 is 10.0 Å². The molecule has 3 rings (SSSR count). The van der Waals surface area contributed by atoms with Crippen LogP contribution in [0.3, 0.4) is 0 Å². The van der Waals surface area contributed by atoms with Crippen LogP contribution in [0, 0.1) is 5.92 Å². The number of rotatable bonds is 6. The molecular weight excluding hydrogens is 374 g/mol. The van der Waals surface area contributed by atoms with Gasteiger partial charge in [0.05, 0.1) is 6.54 Å². The number of amides is 1. The van der Waals surface area contributed by atoms with Crippen molar-refractivity contribution in [1.29, 1.82) is 0 Å². The first kappa shape index (κ1) is 21.0. The van der Waals surface area contributed by atoms with Crippen LogP contribution in [0.15, 0.2) is 35.7 Å². The predicted octanol–water partition coefficient (Wildman–Crippen LogP) is 2.30. The summed E-state index contributed by atoms with van der Waals surface area (Å²) in [4.78, 5) is 14.4. The van der Waals surface area contributed by atoms with Gasteiger partial charge in [-0.3, -0.25) is 9.69 Å². The van der Waals surface area contributed by atoms with Gasteiger partial charge in [0.1, 0.15) is 0 Å². The molecule has 0 spiro atoms. The molecule has 6 nitrogen and oxygen atoms in total. The van der Waals surface area contributed by atoms with E-state index in [9.17, 15) is 13.2 Å². The predicted molar refractivity (Wildman–Crippen MR) is 112 cm³/mol. The van der Waals surface area contributed by atoms with Gasteiger partial charge in [-0.15, -0.1) is 0 Å². The molecule has 1 saturated carbocycles. The maximum atomic E-state index is 12.5. The first-order chi connectivity index (χ1) is 13.4. The summed E-state index contributed by atoms with van der Waals surface area (Å²) in [5.41, 5.74) is 0.860. The van der Waals surface area contributed by atoms with Crippen molar-refractivity contribution in [1.82, 2.24) is 14.5 Å². The summed E-state index contributed by atoms with van der Waals surface area (Å²) in [5, 5.41) is 4.45. The molecule has 1 saturated heterocycles. The molecule has 1 N–H and O–H groups in total. The van der Waals surface area contributed by atoms with Crippen molar-refractivity contribution >= 4 is 22.0 Å². The van der Waals surface area contributed by atoms with Crippen LogP contribution in [-0.2, 0) is 14.8 Å². The summed E-state index contributed by atoms with van der Waals surface area (Å²) < 4.78 is 26.5. The van der Waals surface area contributed by atoms with E-state index in [2.05, 4.69) is 12.2 Å². The lowest BCUT2D eigenvalue weighted by atomic mass is 9.86. The van der Waals surface area contributed by atoms with E-state index in [1.165, 1.54) is 29.0 Å². The fourth-order valence-corrected chi connectivity index (χ4v) is 5.12. The molecule has 2 atom stereocenters. The van der Waals surface area contributed by atoms with Crippen LogP contribution in [0.1, 0.15) is 38.2 Å². The lowest BCUT2D eigenvalue weighted by Gasteiger charge is -2.34. The summed E-state index contributed by atoms with van der Waals surface area (Å²) in [6.45, 7) is 4.52. The maximum Gasteiger partial charge on any atom is 0.236 e. The molecule has 0 unspecified atom stereocenters. The van der Waals surface area contributed by atoms with Gasteiger partial charge >= 0.3 is 0 Å². The molecule has 1 amide bonds. The van der Waals surface area contributed by atoms with Gasteiger partial charge in [-0.1, -0.05) is 50.1 Å². The standard InChI is InChI=1S/C21H31N3O3S/c1-18-7-5-6-10-20(18)22-21(25)17-23-12-14-24(15-13-23)28(26,27)16-11-19-8-3-2-4-9-19/h2-4,8-9,11,16,18,20H,5-7,10,12-15,17H2,1H3,(H,22,25)/b16-11+/t18-,20+/m1/s1. The lowest BCUT2D eigenvalue weighted by Crippen LogP contribution is -2.52. The highest BCUT2D eigenvalue weighted by Crippen LogP contribution is 2.23. The van der Waals surface area contributed by atoms with Crippen molar-refractivity contribution in [3.05, 3.63) is 41.3 Å². The fourth-order valence-electron chi connectivity index (χ4n) is 3.94. The molecule has 7 heteroatoms. The van der Waals surface area contributed by atoms with Gasteiger partial charge in [0.15, 0.2) is 0 Å². The zero-order chi connectivity index (χ0) is 20.0. The van der Waals surface area contributed by atoms with Gasteiger partial charge in [0, 0.05) is 37.6 Å². The third kappa shape index (κ3) is 5.90. The summed E-state index contributed by atoms with van der Waals surface area (Å²) in [5.74, 6) is 0.593. The SMILES string of the molecule is C[C@@H]1CCCC[C@@H]1NC(=O)CN1CCN(S(=O)(=O)/C=C/c2ccccc2)CC1. The van der Waals surface area contributed by atoms with Crippen LogP contribution in [-0.4, -0.2) is 62.3 Å². The molecule has 1 heterocycles. The van der Waals surface area contributed by atoms with Crippen LogP contribution < -0.4 is 5.32 Å². The second-order valence-corrected chi connectivity index (χ2v) is 9.69. The van der Waals surface area contributed by atoms with Crippen LogP contribution in [0.2, 0.25) is 0 Å². The van der Waals surface area contributed by atoms with Gasteiger partial charge in [0.2, 0.25) is 15.9 Å². The van der Waals surface area contributed by atoms with Gasteiger partial charge in [-0.25, -0.2) is 8.42 Å². The molecule has 0 aromatic heterocycles. The highest BCUT2D eigenvalue weighted by Gasteiger charge is 2.27. The highest BCUT2D eigenvalue weighted by molar-refractivity contribution is 7.92. The van der Waals surface area contributed by atoms with Crippen molar-refractivity contribution in [3.8, 4) is 0 Å². The average molecular weight is 406 g/mol. The van der Waals surface area contributed by atoms with Gasteiger partial charge in [0.25, 0.3) is 0 Å².